The molecule has 0 bridgehead atoms. The van der Waals surface area contributed by atoms with Gasteiger partial charge in [0.1, 0.15) is 11.0 Å². The van der Waals surface area contributed by atoms with Crippen LogP contribution in [0.25, 0.3) is 43.8 Å². The maximum absolute atomic E-state index is 6.38. The highest BCUT2D eigenvalue weighted by atomic mass is 35.5. The molecule has 0 amide bonds. The van der Waals surface area contributed by atoms with Crippen LogP contribution in [-0.4, -0.2) is 15.3 Å². The summed E-state index contributed by atoms with van der Waals surface area (Å²) in [6.45, 7) is 2.22. The van der Waals surface area contributed by atoms with E-state index in [1.54, 1.807) is 0 Å². The molecule has 31 heavy (non-hydrogen) atoms. The monoisotopic (exact) mass is 423 g/mol. The van der Waals surface area contributed by atoms with Gasteiger partial charge in [-0.2, -0.15) is 0 Å². The van der Waals surface area contributed by atoms with Crippen LogP contribution in [0.1, 0.15) is 18.5 Å². The van der Waals surface area contributed by atoms with Crippen LogP contribution in [0.2, 0.25) is 5.02 Å². The van der Waals surface area contributed by atoms with E-state index < -0.39 is 0 Å². The van der Waals surface area contributed by atoms with Crippen molar-refractivity contribution in [2.24, 2.45) is 5.92 Å². The van der Waals surface area contributed by atoms with Crippen LogP contribution in [0.4, 0.5) is 0 Å². The molecule has 0 spiro atoms. The van der Waals surface area contributed by atoms with E-state index in [2.05, 4.69) is 59.7 Å². The molecule has 4 nitrogen and oxygen atoms in total. The van der Waals surface area contributed by atoms with Crippen molar-refractivity contribution in [1.29, 1.82) is 0 Å². The van der Waals surface area contributed by atoms with E-state index in [4.69, 9.17) is 21.2 Å². The summed E-state index contributed by atoms with van der Waals surface area (Å²) in [6, 6.07) is 18.2. The Bertz CT molecular complexity index is 1520. The average molecular weight is 424 g/mol. The zero-order chi connectivity index (χ0) is 20.9. The highest BCUT2D eigenvalue weighted by molar-refractivity contribution is 6.32. The van der Waals surface area contributed by atoms with Gasteiger partial charge in [0.2, 0.25) is 0 Å². The fourth-order valence-corrected chi connectivity index (χ4v) is 4.73. The Morgan fingerprint density at radius 1 is 0.871 bits per heavy atom. The van der Waals surface area contributed by atoms with Crippen LogP contribution in [0.5, 0.6) is 0 Å². The van der Waals surface area contributed by atoms with Gasteiger partial charge in [0, 0.05) is 32.7 Å². The number of nitrogens with zero attached hydrogens (tertiary/aromatic N) is 3. The summed E-state index contributed by atoms with van der Waals surface area (Å²) in [4.78, 5) is 5.12. The predicted octanol–water partition coefficient (Wildman–Crippen LogP) is 7.09. The molecule has 1 aliphatic rings. The normalized spacial score (nSPS) is 18.4. The molecule has 5 aromatic rings. The summed E-state index contributed by atoms with van der Waals surface area (Å²) in [5, 5.41) is 12.2. The maximum Gasteiger partial charge on any atom is 0.144 e. The van der Waals surface area contributed by atoms with Crippen LogP contribution in [-0.2, 0) is 0 Å². The molecule has 0 saturated heterocycles. The summed E-state index contributed by atoms with van der Waals surface area (Å²) in [7, 11) is 0. The van der Waals surface area contributed by atoms with Gasteiger partial charge in [0.25, 0.3) is 0 Å². The lowest BCUT2D eigenvalue weighted by Gasteiger charge is -2.23. The van der Waals surface area contributed by atoms with Gasteiger partial charge in [-0.1, -0.05) is 73.2 Å². The number of fused-ring (bicyclic) bond motifs is 5. The molecule has 150 valence electrons. The van der Waals surface area contributed by atoms with Gasteiger partial charge in [-0.3, -0.25) is 4.98 Å². The Hall–Kier alpha value is -3.50. The molecule has 2 atom stereocenters. The molecule has 0 aliphatic heterocycles. The molecule has 0 N–H and O–H groups in total. The first-order valence-corrected chi connectivity index (χ1v) is 10.7. The molecule has 2 heterocycles. The van der Waals surface area contributed by atoms with E-state index in [0.29, 0.717) is 10.9 Å². The lowest BCUT2D eigenvalue weighted by Crippen LogP contribution is -2.10. The number of rotatable bonds is 2. The molecule has 2 unspecified atom stereocenters. The van der Waals surface area contributed by atoms with E-state index in [1.165, 1.54) is 0 Å². The SMILES string of the molecule is CC1C=CC=CC1c1nc2ccc(Cl)cc2c2c1cc(-c1ccccc1)c1nonc12. The standard InChI is InChI=1S/C26H18ClN3O/c1-15-7-5-6-10-18(15)24-21-14-19(16-8-3-2-4-9-16)25-26(30-31-29-25)23(21)20-13-17(27)11-12-22(20)28-24/h2-15,18H,1H3. The minimum atomic E-state index is 0.161. The number of hydrogen-bond acceptors (Lipinski definition) is 4. The Balaban J connectivity index is 1.80. The highest BCUT2D eigenvalue weighted by Crippen LogP contribution is 2.42. The van der Waals surface area contributed by atoms with E-state index in [1.807, 2.05) is 36.4 Å². The first-order chi connectivity index (χ1) is 15.2. The predicted molar refractivity (Wildman–Crippen MR) is 125 cm³/mol. The Kier molecular flexibility index (Phi) is 4.15. The van der Waals surface area contributed by atoms with Crippen LogP contribution >= 0.6 is 11.6 Å². The number of hydrogen-bond donors (Lipinski definition) is 0. The maximum atomic E-state index is 6.38. The van der Waals surface area contributed by atoms with Gasteiger partial charge in [0.15, 0.2) is 0 Å². The Labute approximate surface area is 183 Å². The van der Waals surface area contributed by atoms with Crippen LogP contribution in [0.3, 0.4) is 0 Å². The van der Waals surface area contributed by atoms with Gasteiger partial charge in [-0.25, -0.2) is 4.63 Å². The lowest BCUT2D eigenvalue weighted by atomic mass is 9.84. The first-order valence-electron chi connectivity index (χ1n) is 10.3. The summed E-state index contributed by atoms with van der Waals surface area (Å²) >= 11 is 6.38. The fourth-order valence-electron chi connectivity index (χ4n) is 4.56. The zero-order valence-corrected chi connectivity index (χ0v) is 17.5. The number of halogens is 1. The zero-order valence-electron chi connectivity index (χ0n) is 16.8. The molecular weight excluding hydrogens is 406 g/mol. The van der Waals surface area contributed by atoms with Crippen molar-refractivity contribution in [3.05, 3.63) is 89.6 Å². The molecule has 3 aromatic carbocycles. The second-order valence-electron chi connectivity index (χ2n) is 7.99. The molecule has 0 saturated carbocycles. The van der Waals surface area contributed by atoms with E-state index in [-0.39, 0.29) is 5.92 Å². The average Bonchev–Trinajstić information content (AvgIpc) is 3.29. The van der Waals surface area contributed by atoms with Crippen LogP contribution < -0.4 is 0 Å². The molecule has 0 radical (unpaired) electrons. The third-order valence-corrected chi connectivity index (χ3v) is 6.33. The quantitative estimate of drug-likeness (QED) is 0.284. The van der Waals surface area contributed by atoms with E-state index >= 15 is 0 Å². The summed E-state index contributed by atoms with van der Waals surface area (Å²) < 4.78 is 5.24. The topological polar surface area (TPSA) is 51.8 Å². The molecule has 6 rings (SSSR count). The van der Waals surface area contributed by atoms with E-state index in [0.717, 1.165) is 49.5 Å². The van der Waals surface area contributed by atoms with Crippen molar-refractivity contribution < 1.29 is 4.63 Å². The largest absolute Gasteiger partial charge is 0.252 e. The molecule has 1 aliphatic carbocycles. The van der Waals surface area contributed by atoms with E-state index in [9.17, 15) is 0 Å². The minimum absolute atomic E-state index is 0.161. The van der Waals surface area contributed by atoms with Crippen molar-refractivity contribution in [3.63, 3.8) is 0 Å². The van der Waals surface area contributed by atoms with Crippen molar-refractivity contribution >= 4 is 44.3 Å². The Morgan fingerprint density at radius 3 is 2.52 bits per heavy atom. The Morgan fingerprint density at radius 2 is 1.68 bits per heavy atom. The highest BCUT2D eigenvalue weighted by Gasteiger charge is 2.25. The molecule has 2 aromatic heterocycles. The summed E-state index contributed by atoms with van der Waals surface area (Å²) in [6.07, 6.45) is 8.64. The van der Waals surface area contributed by atoms with Crippen LogP contribution in [0, 0.1) is 5.92 Å². The third-order valence-electron chi connectivity index (χ3n) is 6.09. The van der Waals surface area contributed by atoms with Gasteiger partial charge >= 0.3 is 0 Å². The summed E-state index contributed by atoms with van der Waals surface area (Å²) in [5.74, 6) is 0.491. The van der Waals surface area contributed by atoms with Crippen molar-refractivity contribution in [2.45, 2.75) is 12.8 Å². The van der Waals surface area contributed by atoms with Gasteiger partial charge in [-0.05, 0) is 46.1 Å². The van der Waals surface area contributed by atoms with Crippen molar-refractivity contribution in [3.8, 4) is 11.1 Å². The molecule has 5 heteroatoms. The first kappa shape index (κ1) is 18.3. The smallest absolute Gasteiger partial charge is 0.144 e. The number of aromatic nitrogens is 3. The molecular formula is C26H18ClN3O. The number of pyridine rings is 1. The second kappa shape index (κ2) is 7.03. The van der Waals surface area contributed by atoms with Gasteiger partial charge in [0.05, 0.1) is 11.2 Å². The lowest BCUT2D eigenvalue weighted by molar-refractivity contribution is 0.316. The molecule has 0 fully saturated rings. The van der Waals surface area contributed by atoms with Crippen LogP contribution in [0.15, 0.2) is 83.5 Å². The number of benzene rings is 3. The number of allylic oxidation sites excluding steroid dienone is 4. The van der Waals surface area contributed by atoms with Crippen molar-refractivity contribution in [2.75, 3.05) is 0 Å². The minimum Gasteiger partial charge on any atom is -0.252 e. The fraction of sp³-hybridized carbons (Fsp3) is 0.115. The summed E-state index contributed by atoms with van der Waals surface area (Å²) in [5.41, 5.74) is 5.43. The van der Waals surface area contributed by atoms with Crippen molar-refractivity contribution in [1.82, 2.24) is 15.3 Å². The third kappa shape index (κ3) is 2.87. The van der Waals surface area contributed by atoms with Gasteiger partial charge in [-0.15, -0.1) is 0 Å². The van der Waals surface area contributed by atoms with Gasteiger partial charge < -0.3 is 0 Å². The second-order valence-corrected chi connectivity index (χ2v) is 8.42.